The van der Waals surface area contributed by atoms with E-state index in [9.17, 15) is 14.7 Å². The van der Waals surface area contributed by atoms with Crippen molar-refractivity contribution in [3.63, 3.8) is 0 Å². The van der Waals surface area contributed by atoms with Gasteiger partial charge >= 0.3 is 5.97 Å². The van der Waals surface area contributed by atoms with Crippen LogP contribution in [-0.4, -0.2) is 41.6 Å². The van der Waals surface area contributed by atoms with Crippen molar-refractivity contribution in [2.45, 2.75) is 38.0 Å². The number of hydrogen-bond acceptors (Lipinski definition) is 3. The van der Waals surface area contributed by atoms with Crippen LogP contribution in [0.4, 0.5) is 0 Å². The molecule has 0 unspecified atom stereocenters. The molecule has 5 nitrogen and oxygen atoms in total. The Labute approximate surface area is 165 Å². The largest absolute Gasteiger partial charge is 0.484 e. The van der Waals surface area contributed by atoms with E-state index in [1.165, 1.54) is 0 Å². The summed E-state index contributed by atoms with van der Waals surface area (Å²) >= 11 is 0. The van der Waals surface area contributed by atoms with Gasteiger partial charge in [0.15, 0.2) is 6.61 Å². The van der Waals surface area contributed by atoms with Gasteiger partial charge in [0.25, 0.3) is 5.91 Å². The lowest BCUT2D eigenvalue weighted by atomic mass is 9.73. The third-order valence-corrected chi connectivity index (χ3v) is 5.59. The van der Waals surface area contributed by atoms with E-state index in [0.29, 0.717) is 37.6 Å². The lowest BCUT2D eigenvalue weighted by Crippen LogP contribution is -2.50. The van der Waals surface area contributed by atoms with Crippen molar-refractivity contribution in [3.05, 3.63) is 65.7 Å². The molecule has 0 aliphatic carbocycles. The molecule has 5 heteroatoms. The quantitative estimate of drug-likeness (QED) is 0.826. The third kappa shape index (κ3) is 4.19. The molecule has 2 aromatic rings. The highest BCUT2D eigenvalue weighted by molar-refractivity contribution is 5.83. The minimum absolute atomic E-state index is 0.0348. The number of nitrogens with zero attached hydrogens (tertiary/aromatic N) is 1. The highest BCUT2D eigenvalue weighted by Gasteiger charge is 2.43. The van der Waals surface area contributed by atoms with Crippen molar-refractivity contribution in [1.82, 2.24) is 4.90 Å². The number of piperidine rings is 1. The normalized spacial score (nSPS) is 16.0. The Bertz CT molecular complexity index is 824. The Kier molecular flexibility index (Phi) is 6.02. The van der Waals surface area contributed by atoms with E-state index in [2.05, 4.69) is 13.8 Å². The molecule has 1 fully saturated rings. The Morgan fingerprint density at radius 1 is 1.07 bits per heavy atom. The summed E-state index contributed by atoms with van der Waals surface area (Å²) in [6.45, 7) is 5.01. The number of carbonyl (C=O) groups is 2. The van der Waals surface area contributed by atoms with Crippen molar-refractivity contribution in [3.8, 4) is 5.75 Å². The first-order valence-corrected chi connectivity index (χ1v) is 9.72. The van der Waals surface area contributed by atoms with E-state index in [1.807, 2.05) is 54.6 Å². The van der Waals surface area contributed by atoms with Crippen molar-refractivity contribution < 1.29 is 19.4 Å². The second-order valence-corrected chi connectivity index (χ2v) is 7.65. The number of hydrogen-bond donors (Lipinski definition) is 1. The van der Waals surface area contributed by atoms with Gasteiger partial charge in [0.05, 0.1) is 5.41 Å². The zero-order chi connectivity index (χ0) is 20.1. The van der Waals surface area contributed by atoms with Crippen LogP contribution in [0.2, 0.25) is 0 Å². The number of carboxylic acids is 1. The van der Waals surface area contributed by atoms with Crippen LogP contribution in [0.15, 0.2) is 54.6 Å². The van der Waals surface area contributed by atoms with Gasteiger partial charge < -0.3 is 14.7 Å². The maximum atomic E-state index is 12.6. The number of carboxylic acid groups (broad SMARTS) is 1. The van der Waals surface area contributed by atoms with Crippen LogP contribution >= 0.6 is 0 Å². The summed E-state index contributed by atoms with van der Waals surface area (Å²) in [7, 11) is 0. The maximum absolute atomic E-state index is 12.6. The van der Waals surface area contributed by atoms with E-state index in [4.69, 9.17) is 4.74 Å². The summed E-state index contributed by atoms with van der Waals surface area (Å²) in [5, 5.41) is 9.86. The summed E-state index contributed by atoms with van der Waals surface area (Å²) in [5.41, 5.74) is 1.04. The van der Waals surface area contributed by atoms with Gasteiger partial charge in [0.1, 0.15) is 5.75 Å². The SMILES string of the molecule is CC(C)c1cccc(OCC(=O)N2CCC(C(=O)O)(c3ccccc3)CC2)c1. The van der Waals surface area contributed by atoms with Crippen LogP contribution in [0.5, 0.6) is 5.75 Å². The van der Waals surface area contributed by atoms with Gasteiger partial charge in [-0.15, -0.1) is 0 Å². The molecule has 148 valence electrons. The van der Waals surface area contributed by atoms with Gasteiger partial charge in [-0.1, -0.05) is 56.3 Å². The lowest BCUT2D eigenvalue weighted by Gasteiger charge is -2.39. The fourth-order valence-corrected chi connectivity index (χ4v) is 3.72. The lowest BCUT2D eigenvalue weighted by molar-refractivity contribution is -0.148. The highest BCUT2D eigenvalue weighted by Crippen LogP contribution is 2.36. The Balaban J connectivity index is 1.60. The molecule has 0 aromatic heterocycles. The average Bonchev–Trinajstić information content (AvgIpc) is 2.72. The molecule has 3 rings (SSSR count). The second-order valence-electron chi connectivity index (χ2n) is 7.65. The standard InChI is InChI=1S/C23H27NO4/c1-17(2)18-7-6-10-20(15-18)28-16-21(25)24-13-11-23(12-14-24,22(26)27)19-8-4-3-5-9-19/h3-10,15,17H,11-14,16H2,1-2H3,(H,26,27). The fraction of sp³-hybridized carbons (Fsp3) is 0.391. The molecule has 1 aliphatic heterocycles. The predicted molar refractivity (Wildman–Crippen MR) is 108 cm³/mol. The molecule has 0 radical (unpaired) electrons. The first-order valence-electron chi connectivity index (χ1n) is 9.72. The van der Waals surface area contributed by atoms with Crippen molar-refractivity contribution in [2.75, 3.05) is 19.7 Å². The van der Waals surface area contributed by atoms with E-state index in [0.717, 1.165) is 11.1 Å². The molecule has 0 atom stereocenters. The fourth-order valence-electron chi connectivity index (χ4n) is 3.72. The number of amides is 1. The first kappa shape index (κ1) is 19.9. The number of ether oxygens (including phenoxy) is 1. The first-order chi connectivity index (χ1) is 13.4. The van der Waals surface area contributed by atoms with E-state index in [-0.39, 0.29) is 12.5 Å². The molecule has 0 saturated carbocycles. The Hall–Kier alpha value is -2.82. The summed E-state index contributed by atoms with van der Waals surface area (Å²) in [5.74, 6) is 0.138. The molecule has 2 aromatic carbocycles. The van der Waals surface area contributed by atoms with Crippen molar-refractivity contribution in [1.29, 1.82) is 0 Å². The molecule has 1 amide bonds. The molecule has 0 spiro atoms. The Morgan fingerprint density at radius 2 is 1.75 bits per heavy atom. The number of carbonyl (C=O) groups excluding carboxylic acids is 1. The topological polar surface area (TPSA) is 66.8 Å². The minimum Gasteiger partial charge on any atom is -0.484 e. The summed E-state index contributed by atoms with van der Waals surface area (Å²) in [6, 6.07) is 17.1. The molecule has 28 heavy (non-hydrogen) atoms. The zero-order valence-electron chi connectivity index (χ0n) is 16.4. The van der Waals surface area contributed by atoms with Crippen LogP contribution in [0.1, 0.15) is 43.7 Å². The van der Waals surface area contributed by atoms with Crippen LogP contribution < -0.4 is 4.74 Å². The van der Waals surface area contributed by atoms with Gasteiger partial charge in [0, 0.05) is 13.1 Å². The van der Waals surface area contributed by atoms with Gasteiger partial charge in [-0.2, -0.15) is 0 Å². The van der Waals surface area contributed by atoms with E-state index < -0.39 is 11.4 Å². The molecule has 1 saturated heterocycles. The molecular weight excluding hydrogens is 354 g/mol. The Morgan fingerprint density at radius 3 is 2.36 bits per heavy atom. The number of aliphatic carboxylic acids is 1. The summed E-state index contributed by atoms with van der Waals surface area (Å²) in [4.78, 5) is 26.3. The molecule has 1 aliphatic rings. The van der Waals surface area contributed by atoms with Crippen molar-refractivity contribution in [2.24, 2.45) is 0 Å². The molecule has 1 heterocycles. The predicted octanol–water partition coefficient (Wildman–Crippen LogP) is 3.83. The molecule has 1 N–H and O–H groups in total. The maximum Gasteiger partial charge on any atom is 0.314 e. The summed E-state index contributed by atoms with van der Waals surface area (Å²) in [6.07, 6.45) is 0.807. The van der Waals surface area contributed by atoms with Crippen LogP contribution in [0, 0.1) is 0 Å². The molecular formula is C23H27NO4. The monoisotopic (exact) mass is 381 g/mol. The van der Waals surface area contributed by atoms with E-state index in [1.54, 1.807) is 4.90 Å². The second kappa shape index (κ2) is 8.46. The molecule has 0 bridgehead atoms. The van der Waals surface area contributed by atoms with Crippen molar-refractivity contribution >= 4 is 11.9 Å². The van der Waals surface area contributed by atoms with Gasteiger partial charge in [0.2, 0.25) is 0 Å². The van der Waals surface area contributed by atoms with Crippen LogP contribution in [0.3, 0.4) is 0 Å². The highest BCUT2D eigenvalue weighted by atomic mass is 16.5. The smallest absolute Gasteiger partial charge is 0.314 e. The zero-order valence-corrected chi connectivity index (χ0v) is 16.4. The summed E-state index contributed by atoms with van der Waals surface area (Å²) < 4.78 is 5.69. The third-order valence-electron chi connectivity index (χ3n) is 5.59. The van der Waals surface area contributed by atoms with Gasteiger partial charge in [-0.3, -0.25) is 9.59 Å². The average molecular weight is 381 g/mol. The number of benzene rings is 2. The van der Waals surface area contributed by atoms with Crippen LogP contribution in [0.25, 0.3) is 0 Å². The number of rotatable bonds is 6. The van der Waals surface area contributed by atoms with Gasteiger partial charge in [-0.05, 0) is 42.0 Å². The van der Waals surface area contributed by atoms with Gasteiger partial charge in [-0.25, -0.2) is 0 Å². The van der Waals surface area contributed by atoms with Crippen LogP contribution in [-0.2, 0) is 15.0 Å². The minimum atomic E-state index is -0.926. The van der Waals surface area contributed by atoms with E-state index >= 15 is 0 Å². The number of likely N-dealkylation sites (tertiary alicyclic amines) is 1.